The van der Waals surface area contributed by atoms with E-state index < -0.39 is 0 Å². The van der Waals surface area contributed by atoms with Gasteiger partial charge in [0.25, 0.3) is 0 Å². The largest absolute Gasteiger partial charge is 0.375 e. The van der Waals surface area contributed by atoms with Gasteiger partial charge in [-0.1, -0.05) is 5.22 Å². The average Bonchev–Trinajstić information content (AvgIpc) is 1.65. The third-order valence-corrected chi connectivity index (χ3v) is 0.375. The van der Waals surface area contributed by atoms with Crippen molar-refractivity contribution in [2.75, 3.05) is 13.8 Å². The Hall–Kier alpha value is -0.640. The maximum absolute atomic E-state index is 8.05. The Bertz CT molecular complexity index is 46.1. The van der Waals surface area contributed by atoms with Gasteiger partial charge in [-0.15, -0.1) is 0 Å². The standard InChI is InChI=1S/C2H7N3O/c1-5(2-6)4-3/h3,6H,2H2,1H3. The van der Waals surface area contributed by atoms with Crippen molar-refractivity contribution in [2.45, 2.75) is 0 Å². The number of rotatable bonds is 2. The third-order valence-electron chi connectivity index (χ3n) is 0.375. The van der Waals surface area contributed by atoms with Gasteiger partial charge in [0.05, 0.1) is 0 Å². The van der Waals surface area contributed by atoms with E-state index in [-0.39, 0.29) is 6.73 Å². The molecule has 0 saturated heterocycles. The van der Waals surface area contributed by atoms with Crippen molar-refractivity contribution in [3.8, 4) is 0 Å². The average molecular weight is 89.1 g/mol. The van der Waals surface area contributed by atoms with E-state index in [1.54, 1.807) is 0 Å². The first-order valence-electron chi connectivity index (χ1n) is 1.50. The van der Waals surface area contributed by atoms with Crippen LogP contribution in [0.5, 0.6) is 0 Å². The van der Waals surface area contributed by atoms with Crippen molar-refractivity contribution >= 4 is 0 Å². The summed E-state index contributed by atoms with van der Waals surface area (Å²) in [4.78, 5) is 0. The van der Waals surface area contributed by atoms with Gasteiger partial charge in [0.15, 0.2) is 0 Å². The number of aliphatic hydroxyl groups excluding tert-OH is 1. The molecule has 0 spiro atoms. The summed E-state index contributed by atoms with van der Waals surface area (Å²) in [5.74, 6) is 0. The fraction of sp³-hybridized carbons (Fsp3) is 1.00. The third kappa shape index (κ3) is 1.66. The molecule has 0 aromatic heterocycles. The topological polar surface area (TPSA) is 59.7 Å². The lowest BCUT2D eigenvalue weighted by molar-refractivity contribution is 0.125. The molecule has 0 aromatic rings. The van der Waals surface area contributed by atoms with Crippen LogP contribution in [0.3, 0.4) is 0 Å². The molecule has 0 unspecified atom stereocenters. The molecule has 2 N–H and O–H groups in total. The lowest BCUT2D eigenvalue weighted by Crippen LogP contribution is -2.09. The van der Waals surface area contributed by atoms with Gasteiger partial charge >= 0.3 is 0 Å². The molecule has 4 nitrogen and oxygen atoms in total. The summed E-state index contributed by atoms with van der Waals surface area (Å²) >= 11 is 0. The first-order valence-corrected chi connectivity index (χ1v) is 1.50. The molecular weight excluding hydrogens is 82.0 g/mol. The van der Waals surface area contributed by atoms with Crippen LogP contribution < -0.4 is 0 Å². The second-order valence-electron chi connectivity index (χ2n) is 0.899. The number of nitrogens with zero attached hydrogens (tertiary/aromatic N) is 2. The van der Waals surface area contributed by atoms with Gasteiger partial charge in [0.2, 0.25) is 0 Å². The van der Waals surface area contributed by atoms with E-state index in [1.807, 2.05) is 0 Å². The fourth-order valence-corrected chi connectivity index (χ4v) is 0.0316. The summed E-state index contributed by atoms with van der Waals surface area (Å²) in [6, 6.07) is 0. The first-order chi connectivity index (χ1) is 2.81. The van der Waals surface area contributed by atoms with Crippen molar-refractivity contribution < 1.29 is 5.11 Å². The van der Waals surface area contributed by atoms with Crippen LogP contribution in [-0.4, -0.2) is 23.9 Å². The van der Waals surface area contributed by atoms with Gasteiger partial charge in [-0.05, 0) is 0 Å². The predicted octanol–water partition coefficient (Wildman–Crippen LogP) is -0.186. The monoisotopic (exact) mass is 89.1 g/mol. The predicted molar refractivity (Wildman–Crippen MR) is 20.0 cm³/mol. The number of aliphatic hydroxyl groups is 1. The summed E-state index contributed by atoms with van der Waals surface area (Å²) in [5, 5.41) is 12.0. The Balaban J connectivity index is 2.96. The smallest absolute Gasteiger partial charge is 0.133 e. The highest BCUT2D eigenvalue weighted by atomic mass is 16.3. The van der Waals surface area contributed by atoms with Crippen LogP contribution >= 0.6 is 0 Å². The van der Waals surface area contributed by atoms with E-state index in [4.69, 9.17) is 10.6 Å². The Labute approximate surface area is 35.9 Å². The summed E-state index contributed by atoms with van der Waals surface area (Å²) in [5.41, 5.74) is 6.20. The van der Waals surface area contributed by atoms with E-state index in [0.717, 1.165) is 5.01 Å². The van der Waals surface area contributed by atoms with Crippen molar-refractivity contribution in [1.82, 2.24) is 5.01 Å². The van der Waals surface area contributed by atoms with Crippen LogP contribution in [0.15, 0.2) is 5.22 Å². The Morgan fingerprint density at radius 2 is 2.50 bits per heavy atom. The fourth-order valence-electron chi connectivity index (χ4n) is 0.0316. The zero-order chi connectivity index (χ0) is 4.99. The molecule has 0 amide bonds. The maximum Gasteiger partial charge on any atom is 0.133 e. The maximum atomic E-state index is 8.05. The molecule has 6 heavy (non-hydrogen) atoms. The van der Waals surface area contributed by atoms with Crippen LogP contribution in [0.2, 0.25) is 0 Å². The van der Waals surface area contributed by atoms with Gasteiger partial charge in [-0.3, -0.25) is 5.01 Å². The van der Waals surface area contributed by atoms with Gasteiger partial charge in [-0.2, -0.15) is 5.53 Å². The van der Waals surface area contributed by atoms with Crippen LogP contribution in [0.4, 0.5) is 0 Å². The van der Waals surface area contributed by atoms with Crippen LogP contribution in [0, 0.1) is 5.53 Å². The highest BCUT2D eigenvalue weighted by Gasteiger charge is 1.78. The Kier molecular flexibility index (Phi) is 2.31. The normalized spacial score (nSPS) is 7.67. The van der Waals surface area contributed by atoms with Crippen molar-refractivity contribution in [2.24, 2.45) is 5.22 Å². The molecule has 0 rings (SSSR count). The number of hydrogen-bond acceptors (Lipinski definition) is 3. The van der Waals surface area contributed by atoms with Crippen LogP contribution in [-0.2, 0) is 0 Å². The minimum absolute atomic E-state index is 0.191. The molecule has 4 heteroatoms. The molecule has 0 fully saturated rings. The lowest BCUT2D eigenvalue weighted by Gasteiger charge is -2.01. The minimum atomic E-state index is -0.191. The summed E-state index contributed by atoms with van der Waals surface area (Å²) in [6.07, 6.45) is 0. The van der Waals surface area contributed by atoms with Gasteiger partial charge in [0.1, 0.15) is 6.73 Å². The van der Waals surface area contributed by atoms with E-state index >= 15 is 0 Å². The Morgan fingerprint density at radius 1 is 2.00 bits per heavy atom. The molecule has 0 aliphatic carbocycles. The Morgan fingerprint density at radius 3 is 2.50 bits per heavy atom. The molecule has 0 bridgehead atoms. The van der Waals surface area contributed by atoms with Crippen molar-refractivity contribution in [3.05, 3.63) is 0 Å². The molecule has 0 aromatic carbocycles. The highest BCUT2D eigenvalue weighted by Crippen LogP contribution is 1.72. The molecule has 0 radical (unpaired) electrons. The van der Waals surface area contributed by atoms with Crippen molar-refractivity contribution in [3.63, 3.8) is 0 Å². The second-order valence-corrected chi connectivity index (χ2v) is 0.899. The zero-order valence-corrected chi connectivity index (χ0v) is 3.55. The molecule has 0 aliphatic rings. The van der Waals surface area contributed by atoms with Gasteiger partial charge in [0, 0.05) is 7.05 Å². The summed E-state index contributed by atoms with van der Waals surface area (Å²) in [6.45, 7) is -0.191. The van der Waals surface area contributed by atoms with E-state index in [0.29, 0.717) is 0 Å². The van der Waals surface area contributed by atoms with E-state index in [2.05, 4.69) is 5.22 Å². The zero-order valence-electron chi connectivity index (χ0n) is 3.55. The highest BCUT2D eigenvalue weighted by molar-refractivity contribution is 4.14. The molecule has 0 atom stereocenters. The van der Waals surface area contributed by atoms with E-state index in [1.165, 1.54) is 7.05 Å². The number of hydrogen-bond donors (Lipinski definition) is 2. The van der Waals surface area contributed by atoms with E-state index in [9.17, 15) is 0 Å². The van der Waals surface area contributed by atoms with Crippen molar-refractivity contribution in [1.29, 1.82) is 5.53 Å². The molecule has 0 aliphatic heterocycles. The quantitative estimate of drug-likeness (QED) is 0.280. The first kappa shape index (κ1) is 5.36. The second kappa shape index (κ2) is 2.59. The van der Waals surface area contributed by atoms with Gasteiger partial charge in [-0.25, -0.2) is 0 Å². The lowest BCUT2D eigenvalue weighted by atomic mass is 11.1. The van der Waals surface area contributed by atoms with Gasteiger partial charge < -0.3 is 5.11 Å². The molecule has 0 saturated carbocycles. The van der Waals surface area contributed by atoms with Crippen LogP contribution in [0.25, 0.3) is 0 Å². The molecule has 0 heterocycles. The molecular formula is C2H7N3O. The summed E-state index contributed by atoms with van der Waals surface area (Å²) < 4.78 is 0. The summed E-state index contributed by atoms with van der Waals surface area (Å²) in [7, 11) is 1.51. The molecule has 36 valence electrons. The SMILES string of the molecule is CN(CO)N=N. The van der Waals surface area contributed by atoms with Crippen LogP contribution in [0.1, 0.15) is 0 Å². The number of nitrogens with one attached hydrogen (secondary N) is 1. The minimum Gasteiger partial charge on any atom is -0.375 e.